The second kappa shape index (κ2) is 6.66. The second-order valence-electron chi connectivity index (χ2n) is 5.99. The fourth-order valence-corrected chi connectivity index (χ4v) is 3.16. The van der Waals surface area contributed by atoms with Crippen LogP contribution in [0.3, 0.4) is 0 Å². The highest BCUT2D eigenvalue weighted by atomic mass is 16.6. The Labute approximate surface area is 145 Å². The van der Waals surface area contributed by atoms with Crippen LogP contribution in [0.5, 0.6) is 0 Å². The lowest BCUT2D eigenvalue weighted by Crippen LogP contribution is -2.61. The SMILES string of the molecule is COC(=O)C(N)(CN)C(=O)OCC1c2ccccc2-c2ccccc21. The molecule has 2 aromatic carbocycles. The Morgan fingerprint density at radius 2 is 1.52 bits per heavy atom. The third-order valence-corrected chi connectivity index (χ3v) is 4.58. The third-order valence-electron chi connectivity index (χ3n) is 4.58. The van der Waals surface area contributed by atoms with Gasteiger partial charge in [-0.3, -0.25) is 0 Å². The predicted octanol–water partition coefficient (Wildman–Crippen LogP) is 1.17. The summed E-state index contributed by atoms with van der Waals surface area (Å²) in [5, 5.41) is 0. The van der Waals surface area contributed by atoms with Crippen molar-refractivity contribution in [3.05, 3.63) is 59.7 Å². The molecule has 1 aliphatic carbocycles. The molecule has 1 atom stereocenters. The lowest BCUT2D eigenvalue weighted by Gasteiger charge is -2.23. The van der Waals surface area contributed by atoms with E-state index in [1.807, 2.05) is 48.5 Å². The predicted molar refractivity (Wildman–Crippen MR) is 92.7 cm³/mol. The highest BCUT2D eigenvalue weighted by Crippen LogP contribution is 2.44. The molecule has 0 saturated heterocycles. The molecule has 0 radical (unpaired) electrons. The highest BCUT2D eigenvalue weighted by Gasteiger charge is 2.44. The van der Waals surface area contributed by atoms with E-state index in [1.165, 1.54) is 0 Å². The van der Waals surface area contributed by atoms with E-state index in [0.29, 0.717) is 0 Å². The molecule has 130 valence electrons. The number of rotatable bonds is 5. The summed E-state index contributed by atoms with van der Waals surface area (Å²) in [6, 6.07) is 15.9. The quantitative estimate of drug-likeness (QED) is 0.625. The fraction of sp³-hybridized carbons (Fsp3) is 0.263. The van der Waals surface area contributed by atoms with Crippen LogP contribution in [0.15, 0.2) is 48.5 Å². The summed E-state index contributed by atoms with van der Waals surface area (Å²) in [7, 11) is 1.15. The third kappa shape index (κ3) is 2.79. The molecule has 3 rings (SSSR count). The fourth-order valence-electron chi connectivity index (χ4n) is 3.16. The van der Waals surface area contributed by atoms with Crippen molar-refractivity contribution in [1.82, 2.24) is 0 Å². The summed E-state index contributed by atoms with van der Waals surface area (Å²) >= 11 is 0. The first-order chi connectivity index (χ1) is 12.0. The first-order valence-electron chi connectivity index (χ1n) is 7.95. The lowest BCUT2D eigenvalue weighted by molar-refractivity contribution is -0.162. The van der Waals surface area contributed by atoms with Crippen molar-refractivity contribution >= 4 is 11.9 Å². The molecule has 2 aromatic rings. The zero-order chi connectivity index (χ0) is 18.0. The number of nitrogens with two attached hydrogens (primary N) is 2. The Morgan fingerprint density at radius 1 is 1.00 bits per heavy atom. The standard InChI is InChI=1S/C19H20N2O4/c1-24-17(22)19(21,11-20)18(23)25-10-16-14-8-4-2-6-12(14)13-7-3-5-9-15(13)16/h2-9,16H,10-11,20-21H2,1H3. The number of hydrogen-bond donors (Lipinski definition) is 2. The Kier molecular flexibility index (Phi) is 4.57. The van der Waals surface area contributed by atoms with E-state index >= 15 is 0 Å². The minimum absolute atomic E-state index is 0.0722. The summed E-state index contributed by atoms with van der Waals surface area (Å²) in [4.78, 5) is 24.1. The van der Waals surface area contributed by atoms with Gasteiger partial charge < -0.3 is 20.9 Å². The zero-order valence-electron chi connectivity index (χ0n) is 13.9. The number of ether oxygens (including phenoxy) is 2. The van der Waals surface area contributed by atoms with Crippen molar-refractivity contribution in [2.75, 3.05) is 20.3 Å². The first-order valence-corrected chi connectivity index (χ1v) is 7.95. The van der Waals surface area contributed by atoms with E-state index in [4.69, 9.17) is 16.2 Å². The molecule has 0 heterocycles. The maximum absolute atomic E-state index is 12.3. The molecular formula is C19H20N2O4. The van der Waals surface area contributed by atoms with E-state index in [9.17, 15) is 9.59 Å². The van der Waals surface area contributed by atoms with Gasteiger partial charge in [-0.2, -0.15) is 0 Å². The molecule has 0 bridgehead atoms. The minimum Gasteiger partial charge on any atom is -0.467 e. The van der Waals surface area contributed by atoms with Crippen molar-refractivity contribution in [3.63, 3.8) is 0 Å². The van der Waals surface area contributed by atoms with E-state index in [-0.39, 0.29) is 12.5 Å². The van der Waals surface area contributed by atoms with Crippen LogP contribution >= 0.6 is 0 Å². The number of carbonyl (C=O) groups excluding carboxylic acids is 2. The summed E-state index contributed by atoms with van der Waals surface area (Å²) in [5.41, 5.74) is 13.7. The van der Waals surface area contributed by atoms with Crippen molar-refractivity contribution < 1.29 is 19.1 Å². The van der Waals surface area contributed by atoms with Crippen molar-refractivity contribution in [1.29, 1.82) is 0 Å². The van der Waals surface area contributed by atoms with Crippen LogP contribution in [-0.2, 0) is 19.1 Å². The highest BCUT2D eigenvalue weighted by molar-refractivity contribution is 6.05. The molecule has 0 aliphatic heterocycles. The summed E-state index contributed by atoms with van der Waals surface area (Å²) in [6.45, 7) is -0.320. The van der Waals surface area contributed by atoms with Crippen LogP contribution < -0.4 is 11.5 Å². The molecule has 1 aliphatic rings. The van der Waals surface area contributed by atoms with Gasteiger partial charge in [0.15, 0.2) is 0 Å². The molecule has 1 unspecified atom stereocenters. The summed E-state index contributed by atoms with van der Waals surface area (Å²) in [5.74, 6) is -1.91. The second-order valence-corrected chi connectivity index (χ2v) is 5.99. The van der Waals surface area contributed by atoms with Gasteiger partial charge in [0.2, 0.25) is 5.54 Å². The van der Waals surface area contributed by atoms with Gasteiger partial charge in [0.05, 0.1) is 7.11 Å². The van der Waals surface area contributed by atoms with Crippen LogP contribution in [0, 0.1) is 0 Å². The molecule has 0 fully saturated rings. The maximum atomic E-state index is 12.3. The van der Waals surface area contributed by atoms with E-state index in [2.05, 4.69) is 4.74 Å². The molecular weight excluding hydrogens is 320 g/mol. The van der Waals surface area contributed by atoms with Crippen molar-refractivity contribution in [3.8, 4) is 11.1 Å². The summed E-state index contributed by atoms with van der Waals surface area (Å²) in [6.07, 6.45) is 0. The number of benzene rings is 2. The van der Waals surface area contributed by atoms with Gasteiger partial charge in [0, 0.05) is 12.5 Å². The monoisotopic (exact) mass is 340 g/mol. The average Bonchev–Trinajstić information content (AvgIpc) is 2.98. The largest absolute Gasteiger partial charge is 0.467 e. The van der Waals surface area contributed by atoms with Crippen LogP contribution in [0.1, 0.15) is 17.0 Å². The molecule has 4 N–H and O–H groups in total. The van der Waals surface area contributed by atoms with Gasteiger partial charge in [0.25, 0.3) is 0 Å². The normalized spacial score (nSPS) is 15.0. The average molecular weight is 340 g/mol. The molecule has 0 aromatic heterocycles. The minimum atomic E-state index is -1.99. The molecule has 25 heavy (non-hydrogen) atoms. The maximum Gasteiger partial charge on any atom is 0.339 e. The smallest absolute Gasteiger partial charge is 0.339 e. The number of fused-ring (bicyclic) bond motifs is 3. The molecule has 0 spiro atoms. The van der Waals surface area contributed by atoms with Crippen LogP contribution in [0.25, 0.3) is 11.1 Å². The molecule has 6 nitrogen and oxygen atoms in total. The topological polar surface area (TPSA) is 105 Å². The Balaban J connectivity index is 1.84. The molecule has 6 heteroatoms. The zero-order valence-corrected chi connectivity index (χ0v) is 13.9. The van der Waals surface area contributed by atoms with Gasteiger partial charge in [-0.25, -0.2) is 9.59 Å². The number of esters is 2. The number of carbonyl (C=O) groups is 2. The van der Waals surface area contributed by atoms with Crippen molar-refractivity contribution in [2.45, 2.75) is 11.5 Å². The van der Waals surface area contributed by atoms with Gasteiger partial charge in [-0.1, -0.05) is 48.5 Å². The number of methoxy groups -OCH3 is 1. The Hall–Kier alpha value is -2.70. The van der Waals surface area contributed by atoms with Crippen LogP contribution in [0.4, 0.5) is 0 Å². The van der Waals surface area contributed by atoms with E-state index < -0.39 is 24.0 Å². The van der Waals surface area contributed by atoms with Crippen LogP contribution in [0.2, 0.25) is 0 Å². The molecule has 0 saturated carbocycles. The van der Waals surface area contributed by atoms with Gasteiger partial charge in [-0.15, -0.1) is 0 Å². The molecule has 0 amide bonds. The van der Waals surface area contributed by atoms with Gasteiger partial charge in [-0.05, 0) is 22.3 Å². The lowest BCUT2D eigenvalue weighted by atomic mass is 9.97. The summed E-state index contributed by atoms with van der Waals surface area (Å²) < 4.78 is 9.94. The first kappa shape index (κ1) is 17.1. The van der Waals surface area contributed by atoms with Gasteiger partial charge in [0.1, 0.15) is 6.61 Å². The van der Waals surface area contributed by atoms with Gasteiger partial charge >= 0.3 is 11.9 Å². The Bertz CT molecular complexity index is 775. The van der Waals surface area contributed by atoms with Crippen LogP contribution in [-0.4, -0.2) is 37.7 Å². The van der Waals surface area contributed by atoms with E-state index in [1.54, 1.807) is 0 Å². The van der Waals surface area contributed by atoms with Crippen molar-refractivity contribution in [2.24, 2.45) is 11.5 Å². The number of hydrogen-bond acceptors (Lipinski definition) is 6. The Morgan fingerprint density at radius 3 is 2.00 bits per heavy atom. The van der Waals surface area contributed by atoms with E-state index in [0.717, 1.165) is 29.4 Å².